The molecule has 3 unspecified atom stereocenters. The molecule has 0 aromatic rings. The third kappa shape index (κ3) is 2.12. The van der Waals surface area contributed by atoms with E-state index in [-0.39, 0.29) is 11.9 Å². The predicted molar refractivity (Wildman–Crippen MR) is 74.0 cm³/mol. The number of aliphatic carboxylic acids is 1. The third-order valence-electron chi connectivity index (χ3n) is 5.53. The van der Waals surface area contributed by atoms with Crippen LogP contribution in [0, 0.1) is 5.92 Å². The molecule has 5 heteroatoms. The Labute approximate surface area is 119 Å². The van der Waals surface area contributed by atoms with Crippen molar-refractivity contribution in [3.05, 3.63) is 0 Å². The van der Waals surface area contributed by atoms with Crippen LogP contribution in [-0.2, 0) is 9.59 Å². The highest BCUT2D eigenvalue weighted by atomic mass is 16.4. The highest BCUT2D eigenvalue weighted by Crippen LogP contribution is 2.42. The highest BCUT2D eigenvalue weighted by Gasteiger charge is 2.52. The first-order chi connectivity index (χ1) is 9.53. The average Bonchev–Trinajstić information content (AvgIpc) is 3.02. The van der Waals surface area contributed by atoms with Gasteiger partial charge in [0.15, 0.2) is 0 Å². The first-order valence-electron chi connectivity index (χ1n) is 7.87. The standard InChI is InChI=1S/C15H24N2O3/c16-15(7-3-4-8-15)14(20)17-11-6-2-1-5-10(11)9-12(17)13(18)19/h10-12H,1-9,16H2,(H,18,19). The Balaban J connectivity index is 1.87. The molecule has 3 fully saturated rings. The molecule has 3 aliphatic rings. The zero-order valence-electron chi connectivity index (χ0n) is 11.9. The van der Waals surface area contributed by atoms with Gasteiger partial charge in [0, 0.05) is 6.04 Å². The molecule has 2 aliphatic carbocycles. The van der Waals surface area contributed by atoms with Gasteiger partial charge in [-0.3, -0.25) is 4.79 Å². The van der Waals surface area contributed by atoms with Gasteiger partial charge >= 0.3 is 5.97 Å². The van der Waals surface area contributed by atoms with E-state index in [0.29, 0.717) is 25.2 Å². The van der Waals surface area contributed by atoms with Gasteiger partial charge < -0.3 is 15.7 Å². The van der Waals surface area contributed by atoms with Crippen LogP contribution in [0.3, 0.4) is 0 Å². The fourth-order valence-electron chi connectivity index (χ4n) is 4.45. The first kappa shape index (κ1) is 13.9. The van der Waals surface area contributed by atoms with E-state index in [0.717, 1.165) is 38.5 Å². The van der Waals surface area contributed by atoms with Gasteiger partial charge in [-0.05, 0) is 38.0 Å². The van der Waals surface area contributed by atoms with E-state index in [2.05, 4.69) is 0 Å². The van der Waals surface area contributed by atoms with Gasteiger partial charge in [0.25, 0.3) is 0 Å². The molecule has 0 bridgehead atoms. The Bertz CT molecular complexity index is 417. The molecule has 3 atom stereocenters. The van der Waals surface area contributed by atoms with Crippen LogP contribution in [0.1, 0.15) is 57.8 Å². The van der Waals surface area contributed by atoms with Crippen molar-refractivity contribution >= 4 is 11.9 Å². The summed E-state index contributed by atoms with van der Waals surface area (Å²) in [6.07, 6.45) is 8.20. The number of amides is 1. The van der Waals surface area contributed by atoms with Crippen molar-refractivity contribution < 1.29 is 14.7 Å². The lowest BCUT2D eigenvalue weighted by atomic mass is 9.84. The number of nitrogens with two attached hydrogens (primary N) is 1. The number of carbonyl (C=O) groups excluding carboxylic acids is 1. The van der Waals surface area contributed by atoms with Crippen LogP contribution in [0.15, 0.2) is 0 Å². The molecule has 3 rings (SSSR count). The molecule has 112 valence electrons. The fraction of sp³-hybridized carbons (Fsp3) is 0.867. The minimum absolute atomic E-state index is 0.100. The Morgan fingerprint density at radius 1 is 1.10 bits per heavy atom. The number of fused-ring (bicyclic) bond motifs is 1. The van der Waals surface area contributed by atoms with Gasteiger partial charge in [-0.15, -0.1) is 0 Å². The Morgan fingerprint density at radius 2 is 1.75 bits per heavy atom. The molecule has 2 saturated carbocycles. The van der Waals surface area contributed by atoms with E-state index in [1.165, 1.54) is 0 Å². The van der Waals surface area contributed by atoms with Crippen molar-refractivity contribution in [2.24, 2.45) is 11.7 Å². The van der Waals surface area contributed by atoms with Crippen molar-refractivity contribution in [3.8, 4) is 0 Å². The zero-order chi connectivity index (χ0) is 14.3. The molecule has 0 spiro atoms. The Hall–Kier alpha value is -1.10. The number of likely N-dealkylation sites (tertiary alicyclic amines) is 1. The number of hydrogen-bond donors (Lipinski definition) is 2. The van der Waals surface area contributed by atoms with Gasteiger partial charge in [0.05, 0.1) is 5.54 Å². The lowest BCUT2D eigenvalue weighted by molar-refractivity contribution is -0.152. The van der Waals surface area contributed by atoms with Crippen LogP contribution in [0.4, 0.5) is 0 Å². The SMILES string of the molecule is NC1(C(=O)N2C(C(=O)O)CC3CCCCC32)CCCC1. The molecule has 5 nitrogen and oxygen atoms in total. The maximum Gasteiger partial charge on any atom is 0.326 e. The number of carbonyl (C=O) groups is 2. The number of carboxylic acids is 1. The summed E-state index contributed by atoms with van der Waals surface area (Å²) in [5, 5.41) is 9.47. The smallest absolute Gasteiger partial charge is 0.326 e. The molecule has 0 radical (unpaired) electrons. The van der Waals surface area contributed by atoms with Crippen molar-refractivity contribution in [1.82, 2.24) is 4.90 Å². The van der Waals surface area contributed by atoms with Gasteiger partial charge in [-0.1, -0.05) is 25.7 Å². The van der Waals surface area contributed by atoms with Crippen LogP contribution in [-0.4, -0.2) is 39.5 Å². The van der Waals surface area contributed by atoms with Crippen molar-refractivity contribution in [3.63, 3.8) is 0 Å². The Kier molecular flexibility index (Phi) is 3.48. The normalized spacial score (nSPS) is 35.9. The van der Waals surface area contributed by atoms with E-state index >= 15 is 0 Å². The van der Waals surface area contributed by atoms with Crippen LogP contribution in [0.2, 0.25) is 0 Å². The van der Waals surface area contributed by atoms with E-state index in [9.17, 15) is 14.7 Å². The predicted octanol–water partition coefficient (Wildman–Crippen LogP) is 1.50. The molecule has 20 heavy (non-hydrogen) atoms. The summed E-state index contributed by atoms with van der Waals surface area (Å²) in [5.74, 6) is -0.607. The van der Waals surface area contributed by atoms with E-state index in [1.54, 1.807) is 4.90 Å². The van der Waals surface area contributed by atoms with Crippen molar-refractivity contribution in [1.29, 1.82) is 0 Å². The molecule has 3 N–H and O–H groups in total. The van der Waals surface area contributed by atoms with Crippen LogP contribution in [0.25, 0.3) is 0 Å². The second-order valence-electron chi connectivity index (χ2n) is 6.78. The minimum atomic E-state index is -0.866. The van der Waals surface area contributed by atoms with Gasteiger partial charge in [0.1, 0.15) is 6.04 Å². The van der Waals surface area contributed by atoms with Gasteiger partial charge in [0.2, 0.25) is 5.91 Å². The Morgan fingerprint density at radius 3 is 2.40 bits per heavy atom. The fourth-order valence-corrected chi connectivity index (χ4v) is 4.45. The third-order valence-corrected chi connectivity index (χ3v) is 5.53. The quantitative estimate of drug-likeness (QED) is 0.803. The lowest BCUT2D eigenvalue weighted by Crippen LogP contribution is -2.58. The minimum Gasteiger partial charge on any atom is -0.480 e. The van der Waals surface area contributed by atoms with Crippen LogP contribution >= 0.6 is 0 Å². The molecule has 0 aromatic heterocycles. The summed E-state index contributed by atoms with van der Waals surface area (Å²) in [4.78, 5) is 26.1. The molecule has 1 aliphatic heterocycles. The number of rotatable bonds is 2. The molecular weight excluding hydrogens is 256 g/mol. The van der Waals surface area contributed by atoms with Crippen LogP contribution in [0.5, 0.6) is 0 Å². The first-order valence-corrected chi connectivity index (χ1v) is 7.87. The van der Waals surface area contributed by atoms with Crippen molar-refractivity contribution in [2.75, 3.05) is 0 Å². The van der Waals surface area contributed by atoms with Gasteiger partial charge in [-0.25, -0.2) is 4.79 Å². The monoisotopic (exact) mass is 280 g/mol. The molecule has 0 aromatic carbocycles. The second kappa shape index (κ2) is 5.02. The molecule has 1 saturated heterocycles. The average molecular weight is 280 g/mol. The lowest BCUT2D eigenvalue weighted by Gasteiger charge is -2.37. The topological polar surface area (TPSA) is 83.6 Å². The zero-order valence-corrected chi connectivity index (χ0v) is 11.9. The molecule has 1 heterocycles. The molecular formula is C15H24N2O3. The second-order valence-corrected chi connectivity index (χ2v) is 6.78. The number of carboxylic acid groups (broad SMARTS) is 1. The summed E-state index contributed by atoms with van der Waals surface area (Å²) in [6.45, 7) is 0. The number of hydrogen-bond acceptors (Lipinski definition) is 3. The van der Waals surface area contributed by atoms with E-state index in [1.807, 2.05) is 0 Å². The van der Waals surface area contributed by atoms with Gasteiger partial charge in [-0.2, -0.15) is 0 Å². The maximum atomic E-state index is 12.9. The summed E-state index contributed by atoms with van der Waals surface area (Å²) in [6, 6.07) is -0.546. The van der Waals surface area contributed by atoms with E-state index < -0.39 is 17.6 Å². The number of nitrogens with zero attached hydrogens (tertiary/aromatic N) is 1. The summed E-state index contributed by atoms with van der Waals surface area (Å²) in [5.41, 5.74) is 5.48. The maximum absolute atomic E-state index is 12.9. The van der Waals surface area contributed by atoms with Crippen molar-refractivity contribution in [2.45, 2.75) is 75.4 Å². The summed E-state index contributed by atoms with van der Waals surface area (Å²) in [7, 11) is 0. The summed E-state index contributed by atoms with van der Waals surface area (Å²) >= 11 is 0. The summed E-state index contributed by atoms with van der Waals surface area (Å²) < 4.78 is 0. The van der Waals surface area contributed by atoms with E-state index in [4.69, 9.17) is 5.73 Å². The largest absolute Gasteiger partial charge is 0.480 e. The highest BCUT2D eigenvalue weighted by molar-refractivity contribution is 5.91. The molecule has 1 amide bonds. The van der Waals surface area contributed by atoms with Crippen LogP contribution < -0.4 is 5.73 Å².